The van der Waals surface area contributed by atoms with Gasteiger partial charge in [0.1, 0.15) is 0 Å². The fourth-order valence-electron chi connectivity index (χ4n) is 2.80. The SMILES string of the molecule is Cc1ccc(C)c(C(=O)C(C)Sc2nnnn2-c2cccc(C)c2C)c1. The van der Waals surface area contributed by atoms with Gasteiger partial charge in [-0.15, -0.1) is 5.10 Å². The highest BCUT2D eigenvalue weighted by atomic mass is 32.2. The van der Waals surface area contributed by atoms with Crippen LogP contribution in [-0.2, 0) is 0 Å². The van der Waals surface area contributed by atoms with Crippen LogP contribution in [0.4, 0.5) is 0 Å². The molecule has 0 aliphatic heterocycles. The van der Waals surface area contributed by atoms with Crippen LogP contribution in [0.15, 0.2) is 41.6 Å². The van der Waals surface area contributed by atoms with Crippen molar-refractivity contribution in [1.29, 1.82) is 0 Å². The summed E-state index contributed by atoms with van der Waals surface area (Å²) in [5.41, 5.74) is 6.06. The third kappa shape index (κ3) is 3.55. The molecule has 1 heterocycles. The first-order valence-electron chi connectivity index (χ1n) is 8.51. The van der Waals surface area contributed by atoms with Crippen molar-refractivity contribution >= 4 is 17.5 Å². The fraction of sp³-hybridized carbons (Fsp3) is 0.300. The number of thioether (sulfide) groups is 1. The second kappa shape index (κ2) is 7.41. The topological polar surface area (TPSA) is 60.7 Å². The molecule has 2 aromatic carbocycles. The third-order valence-electron chi connectivity index (χ3n) is 4.56. The minimum Gasteiger partial charge on any atom is -0.293 e. The summed E-state index contributed by atoms with van der Waals surface area (Å²) < 4.78 is 1.71. The summed E-state index contributed by atoms with van der Waals surface area (Å²) in [5.74, 6) is 0.0896. The molecule has 134 valence electrons. The molecule has 0 saturated heterocycles. The predicted octanol–water partition coefficient (Wildman–Crippen LogP) is 4.26. The quantitative estimate of drug-likeness (QED) is 0.499. The van der Waals surface area contributed by atoms with Crippen molar-refractivity contribution in [3.8, 4) is 5.69 Å². The Hall–Kier alpha value is -2.47. The number of hydrogen-bond donors (Lipinski definition) is 0. The van der Waals surface area contributed by atoms with Gasteiger partial charge in [-0.3, -0.25) is 4.79 Å². The number of carbonyl (C=O) groups excluding carboxylic acids is 1. The maximum absolute atomic E-state index is 12.9. The molecule has 6 heteroatoms. The van der Waals surface area contributed by atoms with Gasteiger partial charge >= 0.3 is 0 Å². The van der Waals surface area contributed by atoms with E-state index < -0.39 is 0 Å². The lowest BCUT2D eigenvalue weighted by atomic mass is 10.0. The molecule has 0 spiro atoms. The van der Waals surface area contributed by atoms with Crippen molar-refractivity contribution in [2.24, 2.45) is 0 Å². The molecule has 0 aliphatic carbocycles. The average molecular weight is 366 g/mol. The van der Waals surface area contributed by atoms with E-state index in [4.69, 9.17) is 0 Å². The number of Topliss-reactive ketones (excluding diaryl/α,β-unsaturated/α-hetero) is 1. The van der Waals surface area contributed by atoms with Gasteiger partial charge in [-0.25, -0.2) is 0 Å². The highest BCUT2D eigenvalue weighted by Crippen LogP contribution is 2.28. The van der Waals surface area contributed by atoms with Crippen molar-refractivity contribution in [3.63, 3.8) is 0 Å². The summed E-state index contributed by atoms with van der Waals surface area (Å²) in [4.78, 5) is 12.9. The molecule has 5 nitrogen and oxygen atoms in total. The molecule has 1 unspecified atom stereocenters. The van der Waals surface area contributed by atoms with E-state index in [1.807, 2.05) is 58.0 Å². The summed E-state index contributed by atoms with van der Waals surface area (Å²) >= 11 is 1.38. The number of tetrazole rings is 1. The van der Waals surface area contributed by atoms with Crippen molar-refractivity contribution in [2.45, 2.75) is 45.0 Å². The molecule has 0 bridgehead atoms. The summed E-state index contributed by atoms with van der Waals surface area (Å²) in [5, 5.41) is 12.4. The standard InChI is InChI=1S/C20H22N4OS/c1-12-9-10-14(3)17(11-12)19(25)16(5)26-20-21-22-23-24(20)18-8-6-7-13(2)15(18)4/h6-11,16H,1-5H3. The van der Waals surface area contributed by atoms with Gasteiger partial charge in [0, 0.05) is 5.56 Å². The zero-order valence-corrected chi connectivity index (χ0v) is 16.5. The molecule has 0 saturated carbocycles. The number of nitrogens with zero attached hydrogens (tertiary/aromatic N) is 4. The molecule has 0 N–H and O–H groups in total. The number of carbonyl (C=O) groups is 1. The van der Waals surface area contributed by atoms with Gasteiger partial charge in [0.05, 0.1) is 10.9 Å². The molecule has 0 aliphatic rings. The van der Waals surface area contributed by atoms with E-state index in [2.05, 4.69) is 28.5 Å². The van der Waals surface area contributed by atoms with Gasteiger partial charge in [0.25, 0.3) is 0 Å². The molecular weight excluding hydrogens is 344 g/mol. The van der Waals surface area contributed by atoms with Crippen LogP contribution < -0.4 is 0 Å². The Morgan fingerprint density at radius 3 is 2.62 bits per heavy atom. The van der Waals surface area contributed by atoms with Crippen LogP contribution in [0.25, 0.3) is 5.69 Å². The fourth-order valence-corrected chi connectivity index (χ4v) is 3.67. The summed E-state index contributed by atoms with van der Waals surface area (Å²) in [7, 11) is 0. The molecule has 0 fully saturated rings. The third-order valence-corrected chi connectivity index (χ3v) is 5.59. The lowest BCUT2D eigenvalue weighted by molar-refractivity contribution is 0.0993. The highest BCUT2D eigenvalue weighted by molar-refractivity contribution is 8.00. The second-order valence-electron chi connectivity index (χ2n) is 6.54. The minimum atomic E-state index is -0.287. The number of ketones is 1. The number of aromatic nitrogens is 4. The van der Waals surface area contributed by atoms with Gasteiger partial charge in [-0.1, -0.05) is 41.6 Å². The number of rotatable bonds is 5. The maximum Gasteiger partial charge on any atom is 0.214 e. The second-order valence-corrected chi connectivity index (χ2v) is 7.84. The zero-order valence-electron chi connectivity index (χ0n) is 15.6. The van der Waals surface area contributed by atoms with Crippen LogP contribution in [0.5, 0.6) is 0 Å². The van der Waals surface area contributed by atoms with Gasteiger partial charge in [0.2, 0.25) is 5.16 Å². The van der Waals surface area contributed by atoms with E-state index in [0.717, 1.165) is 27.9 Å². The van der Waals surface area contributed by atoms with Crippen LogP contribution >= 0.6 is 11.8 Å². The Morgan fingerprint density at radius 1 is 1.08 bits per heavy atom. The van der Waals surface area contributed by atoms with Crippen LogP contribution in [0, 0.1) is 27.7 Å². The normalized spacial score (nSPS) is 12.2. The number of hydrogen-bond acceptors (Lipinski definition) is 5. The molecule has 3 rings (SSSR count). The summed E-state index contributed by atoms with van der Waals surface area (Å²) in [6.45, 7) is 9.96. The van der Waals surface area contributed by atoms with Crippen LogP contribution in [0.1, 0.15) is 39.5 Å². The van der Waals surface area contributed by atoms with Crippen molar-refractivity contribution in [1.82, 2.24) is 20.2 Å². The largest absolute Gasteiger partial charge is 0.293 e. The molecule has 0 amide bonds. The Morgan fingerprint density at radius 2 is 1.85 bits per heavy atom. The Bertz CT molecular complexity index is 964. The van der Waals surface area contributed by atoms with Crippen LogP contribution in [0.2, 0.25) is 0 Å². The average Bonchev–Trinajstić information content (AvgIpc) is 3.06. The van der Waals surface area contributed by atoms with Crippen LogP contribution in [0.3, 0.4) is 0 Å². The first kappa shape index (κ1) is 18.3. The molecule has 1 atom stereocenters. The van der Waals surface area contributed by atoms with E-state index in [1.54, 1.807) is 4.68 Å². The molecule has 26 heavy (non-hydrogen) atoms. The lowest BCUT2D eigenvalue weighted by Crippen LogP contribution is -2.16. The Balaban J connectivity index is 1.88. The summed E-state index contributed by atoms with van der Waals surface area (Å²) in [6.07, 6.45) is 0. The highest BCUT2D eigenvalue weighted by Gasteiger charge is 2.22. The number of aryl methyl sites for hydroxylation is 3. The van der Waals surface area contributed by atoms with Crippen molar-refractivity contribution in [2.75, 3.05) is 0 Å². The number of benzene rings is 2. The lowest BCUT2D eigenvalue weighted by Gasteiger charge is -2.13. The molecule has 0 radical (unpaired) electrons. The van der Waals surface area contributed by atoms with E-state index in [1.165, 1.54) is 17.3 Å². The molecule has 3 aromatic rings. The van der Waals surface area contributed by atoms with E-state index in [9.17, 15) is 4.79 Å². The Kier molecular flexibility index (Phi) is 5.23. The first-order chi connectivity index (χ1) is 12.4. The van der Waals surface area contributed by atoms with Crippen molar-refractivity contribution < 1.29 is 4.79 Å². The van der Waals surface area contributed by atoms with E-state index in [0.29, 0.717) is 5.16 Å². The monoisotopic (exact) mass is 366 g/mol. The predicted molar refractivity (Wildman–Crippen MR) is 104 cm³/mol. The van der Waals surface area contributed by atoms with Crippen molar-refractivity contribution in [3.05, 3.63) is 64.2 Å². The van der Waals surface area contributed by atoms with Gasteiger partial charge in [-0.05, 0) is 73.9 Å². The van der Waals surface area contributed by atoms with Crippen LogP contribution in [-0.4, -0.2) is 31.2 Å². The van der Waals surface area contributed by atoms with Gasteiger partial charge < -0.3 is 0 Å². The van der Waals surface area contributed by atoms with E-state index >= 15 is 0 Å². The minimum absolute atomic E-state index is 0.0896. The molecule has 1 aromatic heterocycles. The Labute approximate surface area is 157 Å². The maximum atomic E-state index is 12.9. The van der Waals surface area contributed by atoms with Gasteiger partial charge in [0.15, 0.2) is 5.78 Å². The smallest absolute Gasteiger partial charge is 0.214 e. The van der Waals surface area contributed by atoms with E-state index in [-0.39, 0.29) is 11.0 Å². The van der Waals surface area contributed by atoms with Gasteiger partial charge in [-0.2, -0.15) is 4.68 Å². The molecular formula is C20H22N4OS. The summed E-state index contributed by atoms with van der Waals surface area (Å²) in [6, 6.07) is 12.0. The first-order valence-corrected chi connectivity index (χ1v) is 9.39. The zero-order chi connectivity index (χ0) is 18.8.